The zero-order valence-electron chi connectivity index (χ0n) is 12.2. The Morgan fingerprint density at radius 2 is 2.24 bits per heavy atom. The molecule has 0 saturated carbocycles. The smallest absolute Gasteiger partial charge is 0.323 e. The zero-order chi connectivity index (χ0) is 15.3. The molecule has 21 heavy (non-hydrogen) atoms. The Morgan fingerprint density at radius 3 is 2.95 bits per heavy atom. The number of aliphatic carboxylic acids is 1. The maximum Gasteiger partial charge on any atom is 0.323 e. The van der Waals surface area contributed by atoms with E-state index in [-0.39, 0.29) is 0 Å². The number of carboxylic acids is 1. The van der Waals surface area contributed by atoms with Crippen LogP contribution in [0.3, 0.4) is 0 Å². The van der Waals surface area contributed by atoms with Gasteiger partial charge in [-0.1, -0.05) is 24.2 Å². The number of nitrogens with one attached hydrogen (secondary N) is 1. The van der Waals surface area contributed by atoms with Gasteiger partial charge in [-0.25, -0.2) is 0 Å². The number of carboxylic acid groups (broad SMARTS) is 1. The monoisotopic (exact) mass is 308 g/mol. The highest BCUT2D eigenvalue weighted by atomic mass is 32.2. The first kappa shape index (κ1) is 15.8. The van der Waals surface area contributed by atoms with Crippen LogP contribution in [0.1, 0.15) is 26.2 Å². The number of carbonyl (C=O) groups is 1. The van der Waals surface area contributed by atoms with Crippen LogP contribution in [-0.4, -0.2) is 44.0 Å². The van der Waals surface area contributed by atoms with E-state index in [1.165, 1.54) is 0 Å². The van der Waals surface area contributed by atoms with Gasteiger partial charge in [0.2, 0.25) is 0 Å². The second-order valence-corrected chi connectivity index (χ2v) is 6.17. The Hall–Kier alpha value is -1.60. The minimum atomic E-state index is -0.841. The maximum atomic E-state index is 11.2. The van der Waals surface area contributed by atoms with Crippen molar-refractivity contribution in [3.63, 3.8) is 0 Å². The fourth-order valence-corrected chi connectivity index (χ4v) is 2.92. The van der Waals surface area contributed by atoms with Gasteiger partial charge in [0.15, 0.2) is 10.8 Å². The van der Waals surface area contributed by atoms with Crippen molar-refractivity contribution >= 4 is 23.4 Å². The van der Waals surface area contributed by atoms with E-state index >= 15 is 0 Å². The number of pyridine rings is 1. The molecule has 0 amide bonds. The van der Waals surface area contributed by atoms with E-state index in [0.717, 1.165) is 29.4 Å². The molecule has 0 bridgehead atoms. The van der Waals surface area contributed by atoms with Crippen molar-refractivity contribution in [2.75, 3.05) is 12.8 Å². The maximum absolute atomic E-state index is 11.2. The first-order valence-electron chi connectivity index (χ1n) is 6.92. The summed E-state index contributed by atoms with van der Waals surface area (Å²) in [4.78, 5) is 11.2. The molecular weight excluding hydrogens is 288 g/mol. The summed E-state index contributed by atoms with van der Waals surface area (Å²) >= 11 is 1.64. The van der Waals surface area contributed by atoms with Crippen molar-refractivity contribution in [3.05, 3.63) is 24.4 Å². The lowest BCUT2D eigenvalue weighted by Crippen LogP contribution is -2.47. The second-order valence-electron chi connectivity index (χ2n) is 5.10. The molecule has 2 heterocycles. The SMILES string of the molecule is CNC(C)(CCCCSc1nnc2ccccn12)C(=O)O. The lowest BCUT2D eigenvalue weighted by atomic mass is 9.95. The number of fused-ring (bicyclic) bond motifs is 1. The number of unbranched alkanes of at least 4 members (excludes halogenated alkanes) is 1. The Balaban J connectivity index is 1.79. The van der Waals surface area contributed by atoms with Crippen LogP contribution >= 0.6 is 11.8 Å². The van der Waals surface area contributed by atoms with Gasteiger partial charge in [-0.2, -0.15) is 0 Å². The van der Waals surface area contributed by atoms with E-state index in [0.29, 0.717) is 6.42 Å². The van der Waals surface area contributed by atoms with Gasteiger partial charge in [-0.05, 0) is 38.9 Å². The zero-order valence-corrected chi connectivity index (χ0v) is 13.1. The average molecular weight is 308 g/mol. The minimum absolute atomic E-state index is 0.611. The highest BCUT2D eigenvalue weighted by Crippen LogP contribution is 2.20. The van der Waals surface area contributed by atoms with E-state index in [9.17, 15) is 4.79 Å². The van der Waals surface area contributed by atoms with Gasteiger partial charge < -0.3 is 10.4 Å². The lowest BCUT2D eigenvalue weighted by molar-refractivity contribution is -0.144. The number of rotatable bonds is 8. The molecule has 2 aromatic heterocycles. The molecule has 0 aromatic carbocycles. The molecule has 1 unspecified atom stereocenters. The summed E-state index contributed by atoms with van der Waals surface area (Å²) in [6.45, 7) is 1.72. The van der Waals surface area contributed by atoms with Crippen LogP contribution in [-0.2, 0) is 4.79 Å². The lowest BCUT2D eigenvalue weighted by Gasteiger charge is -2.23. The highest BCUT2D eigenvalue weighted by molar-refractivity contribution is 7.99. The standard InChI is InChI=1S/C14H20N4O2S/c1-14(15-2,12(19)20)8-4-6-10-21-13-17-16-11-7-3-5-9-18(11)13/h3,5,7,9,15H,4,6,8,10H2,1-2H3,(H,19,20). The van der Waals surface area contributed by atoms with Crippen LogP contribution in [0.25, 0.3) is 5.65 Å². The van der Waals surface area contributed by atoms with Gasteiger partial charge in [0.1, 0.15) is 5.54 Å². The van der Waals surface area contributed by atoms with Crippen LogP contribution in [0, 0.1) is 0 Å². The molecule has 0 saturated heterocycles. The summed E-state index contributed by atoms with van der Waals surface area (Å²) in [6, 6.07) is 5.80. The van der Waals surface area contributed by atoms with Crippen molar-refractivity contribution in [3.8, 4) is 0 Å². The molecule has 0 aliphatic rings. The fourth-order valence-electron chi connectivity index (χ4n) is 2.00. The molecule has 0 aliphatic heterocycles. The van der Waals surface area contributed by atoms with Crippen LogP contribution in [0.5, 0.6) is 0 Å². The largest absolute Gasteiger partial charge is 0.480 e. The summed E-state index contributed by atoms with van der Waals surface area (Å²) in [5, 5.41) is 21.2. The summed E-state index contributed by atoms with van der Waals surface area (Å²) < 4.78 is 1.96. The summed E-state index contributed by atoms with van der Waals surface area (Å²) in [5.41, 5.74) is 0.000283. The van der Waals surface area contributed by atoms with Crippen molar-refractivity contribution in [2.24, 2.45) is 0 Å². The van der Waals surface area contributed by atoms with E-state index in [1.54, 1.807) is 25.7 Å². The molecule has 1 atom stereocenters. The van der Waals surface area contributed by atoms with Crippen LogP contribution in [0.4, 0.5) is 0 Å². The van der Waals surface area contributed by atoms with Gasteiger partial charge in [0, 0.05) is 11.9 Å². The first-order chi connectivity index (χ1) is 10.1. The first-order valence-corrected chi connectivity index (χ1v) is 7.90. The van der Waals surface area contributed by atoms with Crippen LogP contribution < -0.4 is 5.32 Å². The predicted octanol–water partition coefficient (Wildman–Crippen LogP) is 2.05. The Labute approximate surface area is 128 Å². The molecule has 7 heteroatoms. The predicted molar refractivity (Wildman–Crippen MR) is 82.7 cm³/mol. The molecule has 6 nitrogen and oxygen atoms in total. The Morgan fingerprint density at radius 1 is 1.43 bits per heavy atom. The number of nitrogens with zero attached hydrogens (tertiary/aromatic N) is 3. The van der Waals surface area contributed by atoms with Crippen molar-refractivity contribution in [2.45, 2.75) is 36.9 Å². The van der Waals surface area contributed by atoms with Crippen LogP contribution in [0.15, 0.2) is 29.6 Å². The third-order valence-corrected chi connectivity index (χ3v) is 4.64. The van der Waals surface area contributed by atoms with Gasteiger partial charge in [-0.15, -0.1) is 10.2 Å². The third-order valence-electron chi connectivity index (χ3n) is 3.61. The van der Waals surface area contributed by atoms with E-state index in [2.05, 4.69) is 15.5 Å². The van der Waals surface area contributed by atoms with Gasteiger partial charge >= 0.3 is 5.97 Å². The number of aromatic nitrogens is 3. The summed E-state index contributed by atoms with van der Waals surface area (Å²) in [7, 11) is 1.69. The van der Waals surface area contributed by atoms with Crippen molar-refractivity contribution in [1.82, 2.24) is 19.9 Å². The van der Waals surface area contributed by atoms with E-state index in [4.69, 9.17) is 5.11 Å². The molecule has 2 rings (SSSR count). The van der Waals surface area contributed by atoms with E-state index in [1.807, 2.05) is 28.8 Å². The average Bonchev–Trinajstić information content (AvgIpc) is 2.90. The molecule has 0 fully saturated rings. The van der Waals surface area contributed by atoms with Gasteiger partial charge in [-0.3, -0.25) is 9.20 Å². The quantitative estimate of drug-likeness (QED) is 0.574. The van der Waals surface area contributed by atoms with Crippen LogP contribution in [0.2, 0.25) is 0 Å². The van der Waals surface area contributed by atoms with Gasteiger partial charge in [0.05, 0.1) is 0 Å². The Bertz CT molecular complexity index is 616. The molecule has 114 valence electrons. The number of likely N-dealkylation sites (N-methyl/N-ethyl adjacent to an activating group) is 1. The van der Waals surface area contributed by atoms with Gasteiger partial charge in [0.25, 0.3) is 0 Å². The third kappa shape index (κ3) is 3.74. The molecule has 2 aromatic rings. The number of thioether (sulfide) groups is 1. The molecule has 0 spiro atoms. The second kappa shape index (κ2) is 6.91. The molecule has 0 radical (unpaired) electrons. The molecule has 2 N–H and O–H groups in total. The fraction of sp³-hybridized carbons (Fsp3) is 0.500. The molecular formula is C14H20N4O2S. The summed E-state index contributed by atoms with van der Waals surface area (Å²) in [5.74, 6) is 0.0934. The number of hydrogen-bond acceptors (Lipinski definition) is 5. The van der Waals surface area contributed by atoms with E-state index < -0.39 is 11.5 Å². The topological polar surface area (TPSA) is 79.5 Å². The Kier molecular flexibility index (Phi) is 5.19. The summed E-state index contributed by atoms with van der Waals surface area (Å²) in [6.07, 6.45) is 4.35. The number of hydrogen-bond donors (Lipinski definition) is 2. The normalized spacial score (nSPS) is 14.2. The minimum Gasteiger partial charge on any atom is -0.480 e. The molecule has 0 aliphatic carbocycles. The van der Waals surface area contributed by atoms with Crippen molar-refractivity contribution < 1.29 is 9.90 Å². The highest BCUT2D eigenvalue weighted by Gasteiger charge is 2.29. The van der Waals surface area contributed by atoms with Crippen molar-refractivity contribution in [1.29, 1.82) is 0 Å².